The molecule has 0 spiro atoms. The van der Waals surface area contributed by atoms with Crippen LogP contribution in [0.15, 0.2) is 70.9 Å². The zero-order valence-electron chi connectivity index (χ0n) is 20.2. The van der Waals surface area contributed by atoms with E-state index in [2.05, 4.69) is 16.3 Å². The molecule has 2 unspecified atom stereocenters. The number of amides is 1. The van der Waals surface area contributed by atoms with Gasteiger partial charge in [0.15, 0.2) is 0 Å². The molecule has 1 fully saturated rings. The van der Waals surface area contributed by atoms with E-state index in [1.54, 1.807) is 58.7 Å². The van der Waals surface area contributed by atoms with Gasteiger partial charge in [0.2, 0.25) is 15.9 Å². The molecule has 9 heteroatoms. The Morgan fingerprint density at radius 2 is 1.86 bits per heavy atom. The van der Waals surface area contributed by atoms with E-state index in [9.17, 15) is 17.6 Å². The molecule has 6 nitrogen and oxygen atoms in total. The van der Waals surface area contributed by atoms with Crippen molar-refractivity contribution in [2.24, 2.45) is 0 Å². The summed E-state index contributed by atoms with van der Waals surface area (Å²) in [6.45, 7) is 4.23. The van der Waals surface area contributed by atoms with Gasteiger partial charge in [-0.25, -0.2) is 12.8 Å². The molecule has 5 rings (SSSR count). The fourth-order valence-corrected chi connectivity index (χ4v) is 7.86. The van der Waals surface area contributed by atoms with Crippen molar-refractivity contribution in [1.82, 2.24) is 14.1 Å². The summed E-state index contributed by atoms with van der Waals surface area (Å²) in [6, 6.07) is 16.9. The Kier molecular flexibility index (Phi) is 7.25. The highest BCUT2D eigenvalue weighted by Gasteiger charge is 2.36. The summed E-state index contributed by atoms with van der Waals surface area (Å²) in [7, 11) is -3.60. The number of hydrogen-bond acceptors (Lipinski definition) is 5. The molecule has 1 aromatic heterocycles. The lowest BCUT2D eigenvalue weighted by molar-refractivity contribution is -0.133. The number of thiophene rings is 1. The van der Waals surface area contributed by atoms with Crippen LogP contribution in [0.2, 0.25) is 0 Å². The lowest BCUT2D eigenvalue weighted by atomic mass is 9.93. The molecule has 0 bridgehead atoms. The zero-order valence-corrected chi connectivity index (χ0v) is 21.8. The lowest BCUT2D eigenvalue weighted by Crippen LogP contribution is -2.55. The maximum Gasteiger partial charge on any atom is 0.243 e. The first kappa shape index (κ1) is 25.1. The molecule has 3 aromatic rings. The van der Waals surface area contributed by atoms with E-state index in [-0.39, 0.29) is 35.2 Å². The molecule has 3 heterocycles. The second-order valence-electron chi connectivity index (χ2n) is 9.41. The largest absolute Gasteiger partial charge is 0.340 e. The minimum atomic E-state index is -3.60. The Balaban J connectivity index is 1.24. The Hall–Kier alpha value is -2.59. The van der Waals surface area contributed by atoms with Gasteiger partial charge in [0, 0.05) is 50.1 Å². The highest BCUT2D eigenvalue weighted by atomic mass is 32.2. The number of piperazine rings is 1. The van der Waals surface area contributed by atoms with E-state index in [0.29, 0.717) is 26.1 Å². The lowest BCUT2D eigenvalue weighted by Gasteiger charge is -2.40. The number of nitrogens with zero attached hydrogens (tertiary/aromatic N) is 3. The zero-order chi connectivity index (χ0) is 25.3. The van der Waals surface area contributed by atoms with Crippen LogP contribution < -0.4 is 0 Å². The highest BCUT2D eigenvalue weighted by Crippen LogP contribution is 2.38. The number of halogens is 1. The van der Waals surface area contributed by atoms with Crippen molar-refractivity contribution in [3.63, 3.8) is 0 Å². The van der Waals surface area contributed by atoms with Crippen molar-refractivity contribution in [2.75, 3.05) is 32.7 Å². The van der Waals surface area contributed by atoms with Crippen LogP contribution in [-0.4, -0.2) is 67.2 Å². The van der Waals surface area contributed by atoms with Crippen molar-refractivity contribution in [1.29, 1.82) is 0 Å². The van der Waals surface area contributed by atoms with E-state index in [1.165, 1.54) is 20.8 Å². The van der Waals surface area contributed by atoms with Gasteiger partial charge in [-0.3, -0.25) is 9.69 Å². The summed E-state index contributed by atoms with van der Waals surface area (Å²) in [5.41, 5.74) is 2.09. The number of rotatable bonds is 6. The maximum absolute atomic E-state index is 14.0. The molecule has 190 valence electrons. The maximum atomic E-state index is 14.0. The SMILES string of the molecule is CC1CN(C(=O)CCN2CCc3sccc3C2c2cccc(F)c2)CCN1S(=O)(=O)c1ccccc1. The van der Waals surface area contributed by atoms with Gasteiger partial charge in [0.25, 0.3) is 0 Å². The summed E-state index contributed by atoms with van der Waals surface area (Å²) >= 11 is 1.73. The number of benzene rings is 2. The summed E-state index contributed by atoms with van der Waals surface area (Å²) in [4.78, 5) is 18.8. The van der Waals surface area contributed by atoms with Crippen molar-refractivity contribution < 1.29 is 17.6 Å². The minimum absolute atomic E-state index is 0.0210. The molecule has 0 N–H and O–H groups in total. The van der Waals surface area contributed by atoms with Crippen LogP contribution in [0, 0.1) is 5.82 Å². The first-order chi connectivity index (χ1) is 17.3. The monoisotopic (exact) mass is 527 g/mol. The molecule has 1 amide bonds. The topological polar surface area (TPSA) is 60.9 Å². The van der Waals surface area contributed by atoms with Gasteiger partial charge in [-0.15, -0.1) is 11.3 Å². The Morgan fingerprint density at radius 3 is 2.61 bits per heavy atom. The third-order valence-electron chi connectivity index (χ3n) is 7.11. The molecule has 2 aliphatic heterocycles. The average molecular weight is 528 g/mol. The van der Waals surface area contributed by atoms with Crippen molar-refractivity contribution in [3.05, 3.63) is 87.9 Å². The van der Waals surface area contributed by atoms with Gasteiger partial charge in [0.1, 0.15) is 5.82 Å². The summed E-state index contributed by atoms with van der Waals surface area (Å²) in [5, 5.41) is 2.08. The van der Waals surface area contributed by atoms with Crippen LogP contribution in [0.1, 0.15) is 35.4 Å². The van der Waals surface area contributed by atoms with Crippen molar-refractivity contribution in [3.8, 4) is 0 Å². The fraction of sp³-hybridized carbons (Fsp3) is 0.370. The van der Waals surface area contributed by atoms with E-state index in [4.69, 9.17) is 0 Å². The first-order valence-corrected chi connectivity index (χ1v) is 14.6. The van der Waals surface area contributed by atoms with Crippen molar-refractivity contribution in [2.45, 2.75) is 36.7 Å². The Bertz CT molecular complexity index is 1330. The van der Waals surface area contributed by atoms with Gasteiger partial charge >= 0.3 is 0 Å². The third kappa shape index (κ3) is 4.98. The normalized spacial score (nSPS) is 21.3. The van der Waals surface area contributed by atoms with E-state index in [0.717, 1.165) is 18.5 Å². The van der Waals surface area contributed by atoms with Gasteiger partial charge in [-0.05, 0) is 60.2 Å². The molecular weight excluding hydrogens is 497 g/mol. The Morgan fingerprint density at radius 1 is 1.06 bits per heavy atom. The quantitative estimate of drug-likeness (QED) is 0.483. The van der Waals surface area contributed by atoms with Crippen LogP contribution in [0.5, 0.6) is 0 Å². The highest BCUT2D eigenvalue weighted by molar-refractivity contribution is 7.89. The van der Waals surface area contributed by atoms with Crippen LogP contribution in [-0.2, 0) is 21.2 Å². The van der Waals surface area contributed by atoms with Gasteiger partial charge in [-0.1, -0.05) is 30.3 Å². The molecule has 0 aliphatic carbocycles. The van der Waals surface area contributed by atoms with E-state index >= 15 is 0 Å². The average Bonchev–Trinajstić information content (AvgIpc) is 3.36. The molecule has 1 saturated heterocycles. The predicted octanol–water partition coefficient (Wildman–Crippen LogP) is 4.15. The minimum Gasteiger partial charge on any atom is -0.340 e. The molecule has 36 heavy (non-hydrogen) atoms. The summed E-state index contributed by atoms with van der Waals surface area (Å²) in [5.74, 6) is -0.240. The number of sulfonamides is 1. The molecule has 0 saturated carbocycles. The molecule has 2 atom stereocenters. The van der Waals surface area contributed by atoms with E-state index < -0.39 is 10.0 Å². The summed E-state index contributed by atoms with van der Waals surface area (Å²) < 4.78 is 41.7. The molecule has 0 radical (unpaired) electrons. The molecule has 2 aliphatic rings. The number of hydrogen-bond donors (Lipinski definition) is 0. The predicted molar refractivity (Wildman–Crippen MR) is 139 cm³/mol. The number of carbonyl (C=O) groups is 1. The summed E-state index contributed by atoms with van der Waals surface area (Å²) in [6.07, 6.45) is 1.25. The number of fused-ring (bicyclic) bond motifs is 1. The van der Waals surface area contributed by atoms with Crippen LogP contribution in [0.4, 0.5) is 4.39 Å². The fourth-order valence-electron chi connectivity index (χ4n) is 5.33. The van der Waals surface area contributed by atoms with Gasteiger partial charge < -0.3 is 4.90 Å². The van der Waals surface area contributed by atoms with Gasteiger partial charge in [0.05, 0.1) is 10.9 Å². The number of carbonyl (C=O) groups excluding carboxylic acids is 1. The van der Waals surface area contributed by atoms with Crippen molar-refractivity contribution >= 4 is 27.3 Å². The third-order valence-corrected chi connectivity index (χ3v) is 10.1. The van der Waals surface area contributed by atoms with Crippen LogP contribution in [0.25, 0.3) is 0 Å². The van der Waals surface area contributed by atoms with Crippen LogP contribution >= 0.6 is 11.3 Å². The van der Waals surface area contributed by atoms with Gasteiger partial charge in [-0.2, -0.15) is 4.31 Å². The second kappa shape index (κ2) is 10.4. The standard InChI is InChI=1S/C27H30FN3O3S2/c1-20-19-30(15-16-31(20)36(33,34)23-8-3-2-4-9-23)26(32)11-14-29-13-10-25-24(12-17-35-25)27(29)21-6-5-7-22(28)18-21/h2-9,12,17-18,20,27H,10-11,13-16,19H2,1H3. The molecule has 2 aromatic carbocycles. The van der Waals surface area contributed by atoms with Crippen LogP contribution in [0.3, 0.4) is 0 Å². The smallest absolute Gasteiger partial charge is 0.243 e. The van der Waals surface area contributed by atoms with E-state index in [1.807, 2.05) is 13.0 Å². The molecular formula is C27H30FN3O3S2. The second-order valence-corrected chi connectivity index (χ2v) is 12.3. The first-order valence-electron chi connectivity index (χ1n) is 12.2. The Labute approximate surface area is 216 Å².